The standard InChI is InChI=1S/C15H17BrN2/c1-3-11-9-12(16)4-7-15(11)18-13-5-6-14(17)10(2)8-13/h4-9,18H,3,17H2,1-2H3. The fourth-order valence-electron chi connectivity index (χ4n) is 1.89. The molecule has 3 heteroatoms. The smallest absolute Gasteiger partial charge is 0.0417 e. The third-order valence-electron chi connectivity index (χ3n) is 3.00. The zero-order valence-corrected chi connectivity index (χ0v) is 12.2. The van der Waals surface area contributed by atoms with E-state index in [1.807, 2.05) is 25.1 Å². The van der Waals surface area contributed by atoms with Gasteiger partial charge < -0.3 is 11.1 Å². The van der Waals surface area contributed by atoms with Gasteiger partial charge in [-0.3, -0.25) is 0 Å². The molecule has 2 aromatic rings. The molecule has 0 radical (unpaired) electrons. The van der Waals surface area contributed by atoms with Gasteiger partial charge in [0, 0.05) is 21.5 Å². The minimum atomic E-state index is 0.826. The molecule has 3 N–H and O–H groups in total. The van der Waals surface area contributed by atoms with E-state index in [9.17, 15) is 0 Å². The maximum atomic E-state index is 5.82. The highest BCUT2D eigenvalue weighted by Crippen LogP contribution is 2.26. The summed E-state index contributed by atoms with van der Waals surface area (Å²) in [4.78, 5) is 0. The molecule has 2 rings (SSSR count). The lowest BCUT2D eigenvalue weighted by atomic mass is 10.1. The van der Waals surface area contributed by atoms with Crippen LogP contribution in [0, 0.1) is 6.92 Å². The van der Waals surface area contributed by atoms with Gasteiger partial charge in [-0.05, 0) is 60.9 Å². The van der Waals surface area contributed by atoms with Crippen molar-refractivity contribution >= 4 is 33.0 Å². The topological polar surface area (TPSA) is 38.0 Å². The Morgan fingerprint density at radius 3 is 2.61 bits per heavy atom. The van der Waals surface area contributed by atoms with Crippen molar-refractivity contribution in [1.29, 1.82) is 0 Å². The van der Waals surface area contributed by atoms with Crippen LogP contribution in [0.5, 0.6) is 0 Å². The van der Waals surface area contributed by atoms with E-state index in [0.717, 1.165) is 33.5 Å². The monoisotopic (exact) mass is 304 g/mol. The van der Waals surface area contributed by atoms with Gasteiger partial charge in [-0.15, -0.1) is 0 Å². The second-order valence-corrected chi connectivity index (χ2v) is 5.27. The Bertz CT molecular complexity index is 564. The van der Waals surface area contributed by atoms with E-state index < -0.39 is 0 Å². The number of rotatable bonds is 3. The Balaban J connectivity index is 2.30. The van der Waals surface area contributed by atoms with E-state index in [0.29, 0.717) is 0 Å². The summed E-state index contributed by atoms with van der Waals surface area (Å²) >= 11 is 3.50. The maximum Gasteiger partial charge on any atom is 0.0417 e. The first-order chi connectivity index (χ1) is 8.60. The quantitative estimate of drug-likeness (QED) is 0.810. The van der Waals surface area contributed by atoms with Gasteiger partial charge in [0.25, 0.3) is 0 Å². The molecule has 0 atom stereocenters. The summed E-state index contributed by atoms with van der Waals surface area (Å²) in [5.74, 6) is 0. The number of hydrogen-bond donors (Lipinski definition) is 2. The third-order valence-corrected chi connectivity index (χ3v) is 3.49. The number of nitrogens with two attached hydrogens (primary N) is 1. The second kappa shape index (κ2) is 5.44. The van der Waals surface area contributed by atoms with E-state index in [2.05, 4.69) is 46.4 Å². The molecule has 0 amide bonds. The predicted octanol–water partition coefficient (Wildman–Crippen LogP) is 4.65. The van der Waals surface area contributed by atoms with Crippen LogP contribution < -0.4 is 11.1 Å². The van der Waals surface area contributed by atoms with Gasteiger partial charge >= 0.3 is 0 Å². The van der Waals surface area contributed by atoms with Crippen LogP contribution in [0.1, 0.15) is 18.1 Å². The molecule has 0 spiro atoms. The van der Waals surface area contributed by atoms with Crippen molar-refractivity contribution in [2.24, 2.45) is 0 Å². The highest BCUT2D eigenvalue weighted by Gasteiger charge is 2.03. The Morgan fingerprint density at radius 1 is 1.17 bits per heavy atom. The lowest BCUT2D eigenvalue weighted by Gasteiger charge is -2.12. The molecular weight excluding hydrogens is 288 g/mol. The van der Waals surface area contributed by atoms with Crippen LogP contribution in [0.25, 0.3) is 0 Å². The lowest BCUT2D eigenvalue weighted by Crippen LogP contribution is -1.97. The SMILES string of the molecule is CCc1cc(Br)ccc1Nc1ccc(N)c(C)c1. The van der Waals surface area contributed by atoms with Crippen molar-refractivity contribution in [2.75, 3.05) is 11.1 Å². The first kappa shape index (κ1) is 13.0. The Kier molecular flexibility index (Phi) is 3.92. The number of anilines is 3. The van der Waals surface area contributed by atoms with Crippen molar-refractivity contribution in [1.82, 2.24) is 0 Å². The fraction of sp³-hybridized carbons (Fsp3) is 0.200. The van der Waals surface area contributed by atoms with Crippen LogP contribution in [-0.2, 0) is 6.42 Å². The van der Waals surface area contributed by atoms with Crippen molar-refractivity contribution in [2.45, 2.75) is 20.3 Å². The average Bonchev–Trinajstić information content (AvgIpc) is 2.36. The van der Waals surface area contributed by atoms with Gasteiger partial charge in [0.2, 0.25) is 0 Å². The summed E-state index contributed by atoms with van der Waals surface area (Å²) in [6.45, 7) is 4.17. The molecule has 2 aromatic carbocycles. The molecule has 0 bridgehead atoms. The van der Waals surface area contributed by atoms with Crippen LogP contribution in [0.15, 0.2) is 40.9 Å². The number of hydrogen-bond acceptors (Lipinski definition) is 2. The zero-order valence-electron chi connectivity index (χ0n) is 10.6. The van der Waals surface area contributed by atoms with Crippen LogP contribution in [0.3, 0.4) is 0 Å². The third kappa shape index (κ3) is 2.85. The van der Waals surface area contributed by atoms with Gasteiger partial charge in [-0.1, -0.05) is 22.9 Å². The summed E-state index contributed by atoms with van der Waals surface area (Å²) in [7, 11) is 0. The number of aryl methyl sites for hydroxylation is 2. The van der Waals surface area contributed by atoms with E-state index in [4.69, 9.17) is 5.73 Å². The molecule has 0 unspecified atom stereocenters. The molecule has 0 aromatic heterocycles. The first-order valence-electron chi connectivity index (χ1n) is 6.01. The molecule has 18 heavy (non-hydrogen) atoms. The molecule has 94 valence electrons. The molecule has 0 fully saturated rings. The van der Waals surface area contributed by atoms with Gasteiger partial charge in [0.1, 0.15) is 0 Å². The summed E-state index contributed by atoms with van der Waals surface area (Å²) in [6, 6.07) is 12.3. The van der Waals surface area contributed by atoms with Crippen molar-refractivity contribution in [3.8, 4) is 0 Å². The molecule has 0 aliphatic rings. The molecule has 0 saturated carbocycles. The van der Waals surface area contributed by atoms with Crippen LogP contribution in [-0.4, -0.2) is 0 Å². The highest BCUT2D eigenvalue weighted by atomic mass is 79.9. The minimum Gasteiger partial charge on any atom is -0.399 e. The van der Waals surface area contributed by atoms with Crippen LogP contribution in [0.2, 0.25) is 0 Å². The number of nitrogens with one attached hydrogen (secondary N) is 1. The van der Waals surface area contributed by atoms with E-state index in [1.165, 1.54) is 5.56 Å². The fourth-order valence-corrected chi connectivity index (χ4v) is 2.29. The summed E-state index contributed by atoms with van der Waals surface area (Å²) in [6.07, 6.45) is 0.996. The molecule has 0 aliphatic carbocycles. The molecule has 0 heterocycles. The van der Waals surface area contributed by atoms with Crippen molar-refractivity contribution in [3.63, 3.8) is 0 Å². The summed E-state index contributed by atoms with van der Waals surface area (Å²) < 4.78 is 1.11. The van der Waals surface area contributed by atoms with Crippen LogP contribution >= 0.6 is 15.9 Å². The molecule has 2 nitrogen and oxygen atoms in total. The zero-order chi connectivity index (χ0) is 13.1. The number of benzene rings is 2. The average molecular weight is 305 g/mol. The second-order valence-electron chi connectivity index (χ2n) is 4.35. The first-order valence-corrected chi connectivity index (χ1v) is 6.81. The number of nitrogen functional groups attached to an aromatic ring is 1. The van der Waals surface area contributed by atoms with Gasteiger partial charge in [-0.25, -0.2) is 0 Å². The largest absolute Gasteiger partial charge is 0.399 e. The normalized spacial score (nSPS) is 10.4. The highest BCUT2D eigenvalue weighted by molar-refractivity contribution is 9.10. The summed E-state index contributed by atoms with van der Waals surface area (Å²) in [5, 5.41) is 3.44. The molecule has 0 saturated heterocycles. The van der Waals surface area contributed by atoms with Gasteiger partial charge in [-0.2, -0.15) is 0 Å². The summed E-state index contributed by atoms with van der Waals surface area (Å²) in [5.41, 5.74) is 11.2. The lowest BCUT2D eigenvalue weighted by molar-refractivity contribution is 1.14. The molecular formula is C15H17BrN2. The van der Waals surface area contributed by atoms with Gasteiger partial charge in [0.15, 0.2) is 0 Å². The Morgan fingerprint density at radius 2 is 1.94 bits per heavy atom. The van der Waals surface area contributed by atoms with E-state index >= 15 is 0 Å². The maximum absolute atomic E-state index is 5.82. The van der Waals surface area contributed by atoms with Gasteiger partial charge in [0.05, 0.1) is 0 Å². The minimum absolute atomic E-state index is 0.826. The van der Waals surface area contributed by atoms with Crippen LogP contribution in [0.4, 0.5) is 17.1 Å². The number of halogens is 1. The van der Waals surface area contributed by atoms with Crippen molar-refractivity contribution < 1.29 is 0 Å². The van der Waals surface area contributed by atoms with Crippen molar-refractivity contribution in [3.05, 3.63) is 52.0 Å². The predicted molar refractivity (Wildman–Crippen MR) is 82.4 cm³/mol. The Hall–Kier alpha value is -1.48. The van der Waals surface area contributed by atoms with E-state index in [-0.39, 0.29) is 0 Å². The van der Waals surface area contributed by atoms with E-state index in [1.54, 1.807) is 0 Å². The Labute approximate surface area is 116 Å². The molecule has 0 aliphatic heterocycles.